The number of hydrogen-bond acceptors (Lipinski definition) is 4. The Labute approximate surface area is 111 Å². The summed E-state index contributed by atoms with van der Waals surface area (Å²) >= 11 is 0. The van der Waals surface area contributed by atoms with Crippen LogP contribution in [0.4, 0.5) is 0 Å². The Bertz CT molecular complexity index is 608. The first-order valence-corrected chi connectivity index (χ1v) is 6.13. The smallest absolute Gasteiger partial charge is 0.251 e. The molecule has 1 heterocycles. The van der Waals surface area contributed by atoms with E-state index in [4.69, 9.17) is 10.5 Å². The van der Waals surface area contributed by atoms with Crippen LogP contribution in [0.25, 0.3) is 0 Å². The molecule has 0 fully saturated rings. The van der Waals surface area contributed by atoms with Crippen LogP contribution in [0.2, 0.25) is 0 Å². The van der Waals surface area contributed by atoms with Gasteiger partial charge in [-0.15, -0.1) is 0 Å². The van der Waals surface area contributed by atoms with E-state index in [2.05, 4.69) is 9.97 Å². The van der Waals surface area contributed by atoms with E-state index in [0.717, 1.165) is 17.0 Å². The number of aromatic amines is 1. The van der Waals surface area contributed by atoms with Gasteiger partial charge in [-0.2, -0.15) is 0 Å². The van der Waals surface area contributed by atoms with Crippen LogP contribution in [0.1, 0.15) is 17.1 Å². The van der Waals surface area contributed by atoms with Gasteiger partial charge < -0.3 is 15.5 Å². The molecule has 100 valence electrons. The van der Waals surface area contributed by atoms with Crippen molar-refractivity contribution in [2.24, 2.45) is 5.73 Å². The Morgan fingerprint density at radius 1 is 1.37 bits per heavy atom. The molecule has 0 bridgehead atoms. The molecule has 0 atom stereocenters. The highest BCUT2D eigenvalue weighted by Gasteiger charge is 2.03. The maximum absolute atomic E-state index is 11.5. The number of H-pyrrole nitrogens is 1. The summed E-state index contributed by atoms with van der Waals surface area (Å²) in [5.74, 6) is 1.43. The summed E-state index contributed by atoms with van der Waals surface area (Å²) in [4.78, 5) is 18.6. The molecular formula is C14H17N3O2. The third kappa shape index (κ3) is 3.66. The number of ether oxygens (including phenoxy) is 1. The Morgan fingerprint density at radius 3 is 2.95 bits per heavy atom. The van der Waals surface area contributed by atoms with Crippen molar-refractivity contribution < 1.29 is 4.74 Å². The van der Waals surface area contributed by atoms with E-state index in [1.165, 1.54) is 6.07 Å². The fourth-order valence-electron chi connectivity index (χ4n) is 1.90. The second-order valence-electron chi connectivity index (χ2n) is 4.25. The molecule has 1 aromatic heterocycles. The minimum absolute atomic E-state index is 0.142. The molecule has 2 rings (SSSR count). The Morgan fingerprint density at radius 2 is 2.21 bits per heavy atom. The van der Waals surface area contributed by atoms with Gasteiger partial charge >= 0.3 is 0 Å². The first kappa shape index (κ1) is 13.3. The fourth-order valence-corrected chi connectivity index (χ4v) is 1.90. The third-order valence-electron chi connectivity index (χ3n) is 2.74. The van der Waals surface area contributed by atoms with Gasteiger partial charge in [0.15, 0.2) is 0 Å². The molecule has 0 aliphatic heterocycles. The predicted molar refractivity (Wildman–Crippen MR) is 73.4 cm³/mol. The average molecular weight is 259 g/mol. The molecule has 5 heteroatoms. The summed E-state index contributed by atoms with van der Waals surface area (Å²) in [7, 11) is 1.63. The highest BCUT2D eigenvalue weighted by Crippen LogP contribution is 2.14. The summed E-state index contributed by atoms with van der Waals surface area (Å²) in [5.41, 5.74) is 7.12. The van der Waals surface area contributed by atoms with E-state index in [1.807, 2.05) is 24.3 Å². The average Bonchev–Trinajstić information content (AvgIpc) is 2.38. The number of benzene rings is 1. The molecule has 1 aromatic carbocycles. The molecule has 19 heavy (non-hydrogen) atoms. The maximum atomic E-state index is 11.5. The van der Waals surface area contributed by atoms with Gasteiger partial charge in [-0.3, -0.25) is 4.79 Å². The van der Waals surface area contributed by atoms with Crippen LogP contribution >= 0.6 is 0 Å². The zero-order valence-corrected chi connectivity index (χ0v) is 10.8. The van der Waals surface area contributed by atoms with Crippen molar-refractivity contribution in [2.75, 3.05) is 13.7 Å². The summed E-state index contributed by atoms with van der Waals surface area (Å²) in [6.07, 6.45) is 1.17. The monoisotopic (exact) mass is 259 g/mol. The summed E-state index contributed by atoms with van der Waals surface area (Å²) in [6, 6.07) is 9.23. The first-order chi connectivity index (χ1) is 9.21. The van der Waals surface area contributed by atoms with E-state index in [0.29, 0.717) is 25.2 Å². The van der Waals surface area contributed by atoms with Gasteiger partial charge in [0.1, 0.15) is 11.6 Å². The second-order valence-corrected chi connectivity index (χ2v) is 4.25. The number of nitrogens with one attached hydrogen (secondary N) is 1. The second kappa shape index (κ2) is 6.15. The molecule has 0 amide bonds. The lowest BCUT2D eigenvalue weighted by molar-refractivity contribution is 0.414. The van der Waals surface area contributed by atoms with Crippen LogP contribution in [0.15, 0.2) is 35.1 Å². The van der Waals surface area contributed by atoms with E-state index in [9.17, 15) is 4.79 Å². The van der Waals surface area contributed by atoms with Gasteiger partial charge in [-0.1, -0.05) is 12.1 Å². The van der Waals surface area contributed by atoms with Gasteiger partial charge in [-0.05, 0) is 24.2 Å². The number of aromatic nitrogens is 2. The number of nitrogens with zero attached hydrogens (tertiary/aromatic N) is 1. The summed E-state index contributed by atoms with van der Waals surface area (Å²) in [6.45, 7) is 0.464. The largest absolute Gasteiger partial charge is 0.497 e. The van der Waals surface area contributed by atoms with Crippen molar-refractivity contribution in [3.63, 3.8) is 0 Å². The van der Waals surface area contributed by atoms with Crippen LogP contribution < -0.4 is 16.0 Å². The predicted octanol–water partition coefficient (Wildman–Crippen LogP) is 0.870. The van der Waals surface area contributed by atoms with Crippen molar-refractivity contribution in [2.45, 2.75) is 12.8 Å². The summed E-state index contributed by atoms with van der Waals surface area (Å²) < 4.78 is 5.17. The standard InChI is InChI=1S/C14H17N3O2/c1-19-12-4-2-3-10(8-12)7-11-9-14(18)17-13(16-11)5-6-15/h2-4,8-9H,5-7,15H2,1H3,(H,16,17,18). The van der Waals surface area contributed by atoms with Gasteiger partial charge in [0.2, 0.25) is 0 Å². The van der Waals surface area contributed by atoms with Gasteiger partial charge in [-0.25, -0.2) is 4.98 Å². The number of methoxy groups -OCH3 is 1. The van der Waals surface area contributed by atoms with E-state index in [1.54, 1.807) is 7.11 Å². The zero-order chi connectivity index (χ0) is 13.7. The third-order valence-corrected chi connectivity index (χ3v) is 2.74. The van der Waals surface area contributed by atoms with Crippen LogP contribution in [-0.2, 0) is 12.8 Å². The highest BCUT2D eigenvalue weighted by molar-refractivity contribution is 5.30. The molecule has 0 saturated heterocycles. The molecule has 0 saturated carbocycles. The Hall–Kier alpha value is -2.14. The van der Waals surface area contributed by atoms with E-state index >= 15 is 0 Å². The maximum Gasteiger partial charge on any atom is 0.251 e. The normalized spacial score (nSPS) is 10.4. The minimum Gasteiger partial charge on any atom is -0.497 e. The van der Waals surface area contributed by atoms with Crippen LogP contribution in [0.3, 0.4) is 0 Å². The molecule has 0 spiro atoms. The van der Waals surface area contributed by atoms with Crippen molar-refractivity contribution in [3.8, 4) is 5.75 Å². The van der Waals surface area contributed by atoms with Crippen LogP contribution in [0, 0.1) is 0 Å². The number of rotatable bonds is 5. The lowest BCUT2D eigenvalue weighted by Crippen LogP contribution is -2.16. The van der Waals surface area contributed by atoms with Crippen molar-refractivity contribution >= 4 is 0 Å². The lowest BCUT2D eigenvalue weighted by Gasteiger charge is -2.05. The number of nitrogens with two attached hydrogens (primary N) is 1. The molecule has 5 nitrogen and oxygen atoms in total. The van der Waals surface area contributed by atoms with Crippen LogP contribution in [-0.4, -0.2) is 23.6 Å². The molecule has 0 aliphatic carbocycles. The molecule has 2 aromatic rings. The summed E-state index contributed by atoms with van der Waals surface area (Å²) in [5, 5.41) is 0. The van der Waals surface area contributed by atoms with E-state index in [-0.39, 0.29) is 5.56 Å². The molecule has 3 N–H and O–H groups in total. The van der Waals surface area contributed by atoms with Gasteiger partial charge in [0, 0.05) is 18.9 Å². The first-order valence-electron chi connectivity index (χ1n) is 6.13. The highest BCUT2D eigenvalue weighted by atomic mass is 16.5. The zero-order valence-electron chi connectivity index (χ0n) is 10.8. The van der Waals surface area contributed by atoms with Crippen molar-refractivity contribution in [1.82, 2.24) is 9.97 Å². The topological polar surface area (TPSA) is 81.0 Å². The van der Waals surface area contributed by atoms with Gasteiger partial charge in [0.25, 0.3) is 5.56 Å². The molecule has 0 radical (unpaired) electrons. The Kier molecular flexibility index (Phi) is 4.30. The molecule has 0 unspecified atom stereocenters. The molecule has 0 aliphatic rings. The lowest BCUT2D eigenvalue weighted by atomic mass is 10.1. The van der Waals surface area contributed by atoms with Gasteiger partial charge in [0.05, 0.1) is 12.8 Å². The molecular weight excluding hydrogens is 242 g/mol. The van der Waals surface area contributed by atoms with E-state index < -0.39 is 0 Å². The van der Waals surface area contributed by atoms with Crippen molar-refractivity contribution in [1.29, 1.82) is 0 Å². The minimum atomic E-state index is -0.142. The fraction of sp³-hybridized carbons (Fsp3) is 0.286. The Balaban J connectivity index is 2.24. The van der Waals surface area contributed by atoms with Crippen LogP contribution in [0.5, 0.6) is 5.75 Å². The number of hydrogen-bond donors (Lipinski definition) is 2. The SMILES string of the molecule is COc1cccc(Cc2cc(=O)[nH]c(CCN)n2)c1. The quantitative estimate of drug-likeness (QED) is 0.835. The van der Waals surface area contributed by atoms with Crippen molar-refractivity contribution in [3.05, 3.63) is 57.8 Å².